The lowest BCUT2D eigenvalue weighted by molar-refractivity contribution is -0.162. The number of ether oxygens (including phenoxy) is 1. The molecule has 3 aromatic rings. The normalized spacial score (nSPS) is 17.7. The predicted molar refractivity (Wildman–Crippen MR) is 126 cm³/mol. The summed E-state index contributed by atoms with van der Waals surface area (Å²) in [6.07, 6.45) is 7.84. The second-order valence-electron chi connectivity index (χ2n) is 8.92. The quantitative estimate of drug-likeness (QED) is 0.559. The summed E-state index contributed by atoms with van der Waals surface area (Å²) in [7, 11) is 0. The molecule has 1 fully saturated rings. The summed E-state index contributed by atoms with van der Waals surface area (Å²) in [5.41, 5.74) is 1.92. The third kappa shape index (κ3) is 4.16. The van der Waals surface area contributed by atoms with E-state index in [-0.39, 0.29) is 12.5 Å². The summed E-state index contributed by atoms with van der Waals surface area (Å²) in [5.74, 6) is -0.703. The van der Waals surface area contributed by atoms with Crippen LogP contribution in [0.25, 0.3) is 11.1 Å². The van der Waals surface area contributed by atoms with E-state index in [1.165, 1.54) is 25.6 Å². The first-order chi connectivity index (χ1) is 16.2. The molecule has 2 aromatic carbocycles. The highest BCUT2D eigenvalue weighted by molar-refractivity contribution is 5.96. The van der Waals surface area contributed by atoms with Crippen LogP contribution in [0.5, 0.6) is 0 Å². The van der Waals surface area contributed by atoms with Gasteiger partial charge in [0.1, 0.15) is 6.33 Å². The lowest BCUT2D eigenvalue weighted by Crippen LogP contribution is -2.38. The summed E-state index contributed by atoms with van der Waals surface area (Å²) in [4.78, 5) is 24.3. The Kier molecular flexibility index (Phi) is 6.20. The Balaban J connectivity index is 1.35. The SMILES string of the molecule is O=C(OC[C@H](CCN1CCCCC1)c1ccncn1)C1(O)c2ccccc2-c2ccccc21. The van der Waals surface area contributed by atoms with E-state index < -0.39 is 11.6 Å². The van der Waals surface area contributed by atoms with Crippen LogP contribution in [0.15, 0.2) is 67.1 Å². The molecule has 1 N–H and O–H groups in total. The molecule has 1 aliphatic carbocycles. The Labute approximate surface area is 194 Å². The number of carbonyl (C=O) groups is 1. The van der Waals surface area contributed by atoms with E-state index in [1.54, 1.807) is 18.3 Å². The molecule has 1 saturated heterocycles. The van der Waals surface area contributed by atoms with Gasteiger partial charge in [0.2, 0.25) is 5.60 Å². The van der Waals surface area contributed by atoms with Crippen LogP contribution in [0.4, 0.5) is 0 Å². The Morgan fingerprint density at radius 3 is 2.30 bits per heavy atom. The molecule has 0 amide bonds. The topological polar surface area (TPSA) is 75.5 Å². The minimum atomic E-state index is -1.81. The summed E-state index contributed by atoms with van der Waals surface area (Å²) in [6.45, 7) is 3.33. The van der Waals surface area contributed by atoms with E-state index in [1.807, 2.05) is 42.5 Å². The van der Waals surface area contributed by atoms with Crippen molar-refractivity contribution in [3.8, 4) is 11.1 Å². The minimum absolute atomic E-state index is 0.0608. The van der Waals surface area contributed by atoms with Crippen LogP contribution in [0, 0.1) is 0 Å². The summed E-state index contributed by atoms with van der Waals surface area (Å²) in [6, 6.07) is 16.9. The van der Waals surface area contributed by atoms with Crippen LogP contribution >= 0.6 is 0 Å². The lowest BCUT2D eigenvalue weighted by atomic mass is 9.91. The van der Waals surface area contributed by atoms with E-state index in [4.69, 9.17) is 4.74 Å². The van der Waals surface area contributed by atoms with Crippen molar-refractivity contribution >= 4 is 5.97 Å². The number of benzene rings is 2. The fourth-order valence-electron chi connectivity index (χ4n) is 5.09. The van der Waals surface area contributed by atoms with Crippen LogP contribution in [-0.2, 0) is 15.1 Å². The molecule has 2 heterocycles. The van der Waals surface area contributed by atoms with Crippen LogP contribution in [0.2, 0.25) is 0 Å². The molecular weight excluding hydrogens is 414 g/mol. The number of nitrogens with zero attached hydrogens (tertiary/aromatic N) is 3. The molecule has 1 aromatic heterocycles. The van der Waals surface area contributed by atoms with Gasteiger partial charge in [0.25, 0.3) is 0 Å². The van der Waals surface area contributed by atoms with Gasteiger partial charge in [0.05, 0.1) is 12.3 Å². The highest BCUT2D eigenvalue weighted by Gasteiger charge is 2.49. The number of aromatic nitrogens is 2. The molecule has 2 aliphatic rings. The van der Waals surface area contributed by atoms with Gasteiger partial charge in [0.15, 0.2) is 0 Å². The summed E-state index contributed by atoms with van der Waals surface area (Å²) >= 11 is 0. The second-order valence-corrected chi connectivity index (χ2v) is 8.92. The van der Waals surface area contributed by atoms with Crippen molar-refractivity contribution in [2.45, 2.75) is 37.2 Å². The molecule has 5 rings (SSSR count). The standard InChI is InChI=1S/C27H29N3O3/c31-26(27(32)23-10-4-2-8-21(23)22-9-3-5-11-24(22)27)33-18-20(25-12-14-28-19-29-25)13-17-30-15-6-1-7-16-30/h2-5,8-12,14,19-20,32H,1,6-7,13,15-18H2/t20-/m0/s1. The Hall–Kier alpha value is -3.09. The van der Waals surface area contributed by atoms with Crippen molar-refractivity contribution < 1.29 is 14.6 Å². The average Bonchev–Trinajstić information content (AvgIpc) is 3.15. The molecular formula is C27H29N3O3. The van der Waals surface area contributed by atoms with E-state index >= 15 is 0 Å². The highest BCUT2D eigenvalue weighted by atomic mass is 16.5. The number of piperidine rings is 1. The molecule has 0 unspecified atom stereocenters. The molecule has 1 atom stereocenters. The fourth-order valence-corrected chi connectivity index (χ4v) is 5.09. The maximum absolute atomic E-state index is 13.4. The molecule has 0 bridgehead atoms. The van der Waals surface area contributed by atoms with Gasteiger partial charge in [-0.3, -0.25) is 0 Å². The zero-order chi connectivity index (χ0) is 22.7. The van der Waals surface area contributed by atoms with Gasteiger partial charge in [-0.15, -0.1) is 0 Å². The van der Waals surface area contributed by atoms with E-state index in [2.05, 4.69) is 14.9 Å². The number of rotatable bonds is 7. The molecule has 33 heavy (non-hydrogen) atoms. The minimum Gasteiger partial charge on any atom is -0.462 e. The van der Waals surface area contributed by atoms with Gasteiger partial charge in [-0.05, 0) is 56.1 Å². The van der Waals surface area contributed by atoms with E-state index in [0.717, 1.165) is 42.9 Å². The van der Waals surface area contributed by atoms with Crippen molar-refractivity contribution in [2.75, 3.05) is 26.2 Å². The number of hydrogen-bond donors (Lipinski definition) is 1. The average molecular weight is 444 g/mol. The van der Waals surface area contributed by atoms with Crippen LogP contribution < -0.4 is 0 Å². The molecule has 0 radical (unpaired) electrons. The van der Waals surface area contributed by atoms with E-state index in [0.29, 0.717) is 11.1 Å². The molecule has 1 aliphatic heterocycles. The second kappa shape index (κ2) is 9.41. The molecule has 6 nitrogen and oxygen atoms in total. The number of fused-ring (bicyclic) bond motifs is 3. The monoisotopic (exact) mass is 443 g/mol. The first-order valence-corrected chi connectivity index (χ1v) is 11.7. The third-order valence-electron chi connectivity index (χ3n) is 6.90. The van der Waals surface area contributed by atoms with Crippen LogP contribution in [0.1, 0.15) is 48.4 Å². The smallest absolute Gasteiger partial charge is 0.347 e. The van der Waals surface area contributed by atoms with Gasteiger partial charge in [-0.25, -0.2) is 14.8 Å². The Bertz CT molecular complexity index is 1070. The largest absolute Gasteiger partial charge is 0.462 e. The van der Waals surface area contributed by atoms with Crippen LogP contribution in [-0.4, -0.2) is 52.2 Å². The number of carbonyl (C=O) groups excluding carboxylic acids is 1. The van der Waals surface area contributed by atoms with Crippen molar-refractivity contribution in [1.82, 2.24) is 14.9 Å². The molecule has 6 heteroatoms. The van der Waals surface area contributed by atoms with Crippen molar-refractivity contribution in [3.05, 3.63) is 83.9 Å². The lowest BCUT2D eigenvalue weighted by Gasteiger charge is -2.29. The molecule has 170 valence electrons. The van der Waals surface area contributed by atoms with Gasteiger partial charge in [-0.1, -0.05) is 55.0 Å². The van der Waals surface area contributed by atoms with E-state index in [9.17, 15) is 9.90 Å². The number of hydrogen-bond acceptors (Lipinski definition) is 6. The Morgan fingerprint density at radius 2 is 1.67 bits per heavy atom. The van der Waals surface area contributed by atoms with Crippen LogP contribution in [0.3, 0.4) is 0 Å². The fraction of sp³-hybridized carbons (Fsp3) is 0.370. The third-order valence-corrected chi connectivity index (χ3v) is 6.90. The zero-order valence-corrected chi connectivity index (χ0v) is 18.7. The van der Waals surface area contributed by atoms with Gasteiger partial charge >= 0.3 is 5.97 Å². The maximum Gasteiger partial charge on any atom is 0.347 e. The summed E-state index contributed by atoms with van der Waals surface area (Å²) in [5, 5.41) is 11.7. The first-order valence-electron chi connectivity index (χ1n) is 11.7. The predicted octanol–water partition coefficient (Wildman–Crippen LogP) is 3.90. The summed E-state index contributed by atoms with van der Waals surface area (Å²) < 4.78 is 5.83. The Morgan fingerprint density at radius 1 is 1.00 bits per heavy atom. The van der Waals surface area contributed by atoms with Gasteiger partial charge < -0.3 is 14.7 Å². The number of aliphatic hydroxyl groups is 1. The van der Waals surface area contributed by atoms with Crippen molar-refractivity contribution in [1.29, 1.82) is 0 Å². The van der Waals surface area contributed by atoms with Gasteiger partial charge in [-0.2, -0.15) is 0 Å². The van der Waals surface area contributed by atoms with Crippen molar-refractivity contribution in [2.24, 2.45) is 0 Å². The molecule has 0 saturated carbocycles. The zero-order valence-electron chi connectivity index (χ0n) is 18.7. The van der Waals surface area contributed by atoms with Gasteiger partial charge in [0, 0.05) is 23.2 Å². The first kappa shape index (κ1) is 21.7. The molecule has 0 spiro atoms. The highest BCUT2D eigenvalue weighted by Crippen LogP contribution is 2.48. The number of esters is 1. The maximum atomic E-state index is 13.4. The van der Waals surface area contributed by atoms with Crippen molar-refractivity contribution in [3.63, 3.8) is 0 Å². The number of likely N-dealkylation sites (tertiary alicyclic amines) is 1.